The van der Waals surface area contributed by atoms with Crippen molar-refractivity contribution in [2.45, 2.75) is 18.0 Å². The van der Waals surface area contributed by atoms with Gasteiger partial charge in [0, 0.05) is 22.8 Å². The lowest BCUT2D eigenvalue weighted by Gasteiger charge is -2.39. The Kier molecular flexibility index (Phi) is 4.24. The highest BCUT2D eigenvalue weighted by Crippen LogP contribution is 2.46. The second-order valence-electron chi connectivity index (χ2n) is 8.12. The minimum Gasteiger partial charge on any atom is -0.377 e. The van der Waals surface area contributed by atoms with Crippen LogP contribution >= 0.6 is 0 Å². The number of hydrazone groups is 1. The first-order chi connectivity index (χ1) is 15.7. The second-order valence-corrected chi connectivity index (χ2v) is 8.12. The van der Waals surface area contributed by atoms with Crippen LogP contribution in [0.1, 0.15) is 40.3 Å². The average Bonchev–Trinajstić information content (AvgIpc) is 2.84. The summed E-state index contributed by atoms with van der Waals surface area (Å²) in [4.78, 5) is 16.1. The summed E-state index contributed by atoms with van der Waals surface area (Å²) in [6, 6.07) is 22.0. The lowest BCUT2D eigenvalue weighted by atomic mass is 9.75. The van der Waals surface area contributed by atoms with Gasteiger partial charge in [-0.2, -0.15) is 5.10 Å². The zero-order valence-corrected chi connectivity index (χ0v) is 17.0. The minimum atomic E-state index is -0.493. The molecule has 0 fully saturated rings. The maximum atomic E-state index is 13.7. The molecule has 6 heteroatoms. The molecule has 0 radical (unpaired) electrons. The third kappa shape index (κ3) is 2.87. The Labute approximate surface area is 184 Å². The van der Waals surface area contributed by atoms with Gasteiger partial charge in [0.1, 0.15) is 18.1 Å². The molecule has 2 aliphatic rings. The van der Waals surface area contributed by atoms with E-state index < -0.39 is 6.04 Å². The number of rotatable bonds is 3. The zero-order valence-electron chi connectivity index (χ0n) is 17.0. The molecule has 0 bridgehead atoms. The van der Waals surface area contributed by atoms with E-state index in [0.29, 0.717) is 0 Å². The van der Waals surface area contributed by atoms with Gasteiger partial charge in [0.2, 0.25) is 0 Å². The summed E-state index contributed by atoms with van der Waals surface area (Å²) < 4.78 is 13.7. The summed E-state index contributed by atoms with van der Waals surface area (Å²) in [5.74, 6) is -0.463. The lowest BCUT2D eigenvalue weighted by Crippen LogP contribution is -2.38. The first-order valence-corrected chi connectivity index (χ1v) is 10.5. The van der Waals surface area contributed by atoms with E-state index in [1.165, 1.54) is 12.1 Å². The standard InChI is InChI=1S/C26H19FN4O/c27-18-9-6-15(7-10-18)23-25(17-8-11-20-16(13-17)3-2-12-28-20)29-21-5-1-4-19-22(14-32)30-31-26(23)24(19)21/h1-14,22-23,25,29-30H. The van der Waals surface area contributed by atoms with Gasteiger partial charge in [-0.3, -0.25) is 10.4 Å². The molecule has 1 aromatic heterocycles. The molecule has 5 nitrogen and oxygen atoms in total. The van der Waals surface area contributed by atoms with Crippen molar-refractivity contribution < 1.29 is 9.18 Å². The predicted octanol–water partition coefficient (Wildman–Crippen LogP) is 4.87. The van der Waals surface area contributed by atoms with Crippen LogP contribution in [-0.2, 0) is 4.79 Å². The molecular weight excluding hydrogens is 403 g/mol. The first-order valence-electron chi connectivity index (χ1n) is 10.5. The van der Waals surface area contributed by atoms with E-state index in [9.17, 15) is 9.18 Å². The van der Waals surface area contributed by atoms with Crippen molar-refractivity contribution in [3.63, 3.8) is 0 Å². The molecule has 2 N–H and O–H groups in total. The normalized spacial score (nSPS) is 21.2. The molecule has 3 atom stereocenters. The number of fused-ring (bicyclic) bond motifs is 1. The molecule has 156 valence electrons. The molecule has 6 rings (SSSR count). The summed E-state index contributed by atoms with van der Waals surface area (Å²) in [5, 5.41) is 9.40. The van der Waals surface area contributed by atoms with Crippen molar-refractivity contribution >= 4 is 28.6 Å². The van der Waals surface area contributed by atoms with E-state index in [1.54, 1.807) is 18.3 Å². The summed E-state index contributed by atoms with van der Waals surface area (Å²) in [6.45, 7) is 0. The highest BCUT2D eigenvalue weighted by atomic mass is 19.1. The van der Waals surface area contributed by atoms with E-state index >= 15 is 0 Å². The van der Waals surface area contributed by atoms with Crippen molar-refractivity contribution in [1.29, 1.82) is 0 Å². The number of hydrogen-bond donors (Lipinski definition) is 2. The number of nitrogens with zero attached hydrogens (tertiary/aromatic N) is 2. The number of hydrogen-bond acceptors (Lipinski definition) is 5. The molecule has 0 spiro atoms. The van der Waals surface area contributed by atoms with Crippen LogP contribution in [0.25, 0.3) is 10.9 Å². The Balaban J connectivity index is 1.57. The molecule has 2 aliphatic heterocycles. The number of anilines is 1. The largest absolute Gasteiger partial charge is 0.377 e. The molecule has 3 unspecified atom stereocenters. The number of benzene rings is 3. The van der Waals surface area contributed by atoms with Gasteiger partial charge in [-0.1, -0.05) is 36.4 Å². The van der Waals surface area contributed by atoms with Gasteiger partial charge in [0.25, 0.3) is 0 Å². The molecule has 0 aliphatic carbocycles. The molecule has 4 aromatic rings. The minimum absolute atomic E-state index is 0.138. The highest BCUT2D eigenvalue weighted by Gasteiger charge is 2.40. The smallest absolute Gasteiger partial charge is 0.148 e. The molecule has 0 amide bonds. The topological polar surface area (TPSA) is 66.4 Å². The molecular formula is C26H19FN4O. The van der Waals surface area contributed by atoms with E-state index in [4.69, 9.17) is 0 Å². The van der Waals surface area contributed by atoms with E-state index in [0.717, 1.165) is 50.8 Å². The van der Waals surface area contributed by atoms with Crippen molar-refractivity contribution in [3.05, 3.63) is 107 Å². The van der Waals surface area contributed by atoms with Gasteiger partial charge in [-0.05, 0) is 53.1 Å². The van der Waals surface area contributed by atoms with Crippen LogP contribution in [0.5, 0.6) is 0 Å². The van der Waals surface area contributed by atoms with Crippen LogP contribution < -0.4 is 10.7 Å². The highest BCUT2D eigenvalue weighted by molar-refractivity contribution is 6.13. The third-order valence-corrected chi connectivity index (χ3v) is 6.30. The first kappa shape index (κ1) is 18.7. The zero-order chi connectivity index (χ0) is 21.7. The predicted molar refractivity (Wildman–Crippen MR) is 122 cm³/mol. The number of aromatic nitrogens is 1. The van der Waals surface area contributed by atoms with Crippen molar-refractivity contribution in [1.82, 2.24) is 10.4 Å². The molecule has 3 heterocycles. The second kappa shape index (κ2) is 7.27. The Bertz CT molecular complexity index is 1380. The fourth-order valence-corrected chi connectivity index (χ4v) is 4.82. The fraction of sp³-hybridized carbons (Fsp3) is 0.115. The van der Waals surface area contributed by atoms with E-state index in [-0.39, 0.29) is 17.8 Å². The van der Waals surface area contributed by atoms with Gasteiger partial charge in [0.15, 0.2) is 0 Å². The van der Waals surface area contributed by atoms with Crippen LogP contribution in [0.2, 0.25) is 0 Å². The van der Waals surface area contributed by atoms with Crippen LogP contribution in [0.3, 0.4) is 0 Å². The third-order valence-electron chi connectivity index (χ3n) is 6.30. The van der Waals surface area contributed by atoms with Crippen LogP contribution in [0, 0.1) is 5.82 Å². The van der Waals surface area contributed by atoms with Gasteiger partial charge in [0.05, 0.1) is 23.2 Å². The summed E-state index contributed by atoms with van der Waals surface area (Å²) in [6.07, 6.45) is 2.65. The maximum absolute atomic E-state index is 13.7. The Morgan fingerprint density at radius 1 is 0.938 bits per heavy atom. The van der Waals surface area contributed by atoms with Gasteiger partial charge >= 0.3 is 0 Å². The Morgan fingerprint density at radius 2 is 1.78 bits per heavy atom. The van der Waals surface area contributed by atoms with Crippen molar-refractivity contribution in [3.8, 4) is 0 Å². The Hall–Kier alpha value is -4.06. The summed E-state index contributed by atoms with van der Waals surface area (Å²) in [5.41, 5.74) is 9.57. The lowest BCUT2D eigenvalue weighted by molar-refractivity contribution is -0.109. The summed E-state index contributed by atoms with van der Waals surface area (Å²) >= 11 is 0. The van der Waals surface area contributed by atoms with Crippen LogP contribution in [-0.4, -0.2) is 17.0 Å². The molecule has 3 aromatic carbocycles. The van der Waals surface area contributed by atoms with E-state index in [1.807, 2.05) is 36.4 Å². The van der Waals surface area contributed by atoms with Crippen molar-refractivity contribution in [2.24, 2.45) is 5.10 Å². The van der Waals surface area contributed by atoms with Gasteiger partial charge in [-0.25, -0.2) is 4.39 Å². The van der Waals surface area contributed by atoms with Crippen LogP contribution in [0.15, 0.2) is 84.1 Å². The molecule has 32 heavy (non-hydrogen) atoms. The van der Waals surface area contributed by atoms with Crippen LogP contribution in [0.4, 0.5) is 10.1 Å². The van der Waals surface area contributed by atoms with Crippen molar-refractivity contribution in [2.75, 3.05) is 5.32 Å². The number of carbonyl (C=O) groups excluding carboxylic acids is 1. The quantitative estimate of drug-likeness (QED) is 0.462. The summed E-state index contributed by atoms with van der Waals surface area (Å²) in [7, 11) is 0. The van der Waals surface area contributed by atoms with Gasteiger partial charge in [-0.15, -0.1) is 0 Å². The number of halogens is 1. The average molecular weight is 422 g/mol. The molecule has 0 saturated heterocycles. The molecule has 0 saturated carbocycles. The monoisotopic (exact) mass is 422 g/mol. The number of pyridine rings is 1. The number of nitrogens with one attached hydrogen (secondary N) is 2. The SMILES string of the molecule is O=CC1NN=C2c3c(cccc31)NC(c1ccc3ncccc3c1)C2c1ccc(F)cc1. The van der Waals surface area contributed by atoms with E-state index in [2.05, 4.69) is 33.0 Å². The Morgan fingerprint density at radius 3 is 2.62 bits per heavy atom. The maximum Gasteiger partial charge on any atom is 0.148 e. The fourth-order valence-electron chi connectivity index (χ4n) is 4.82. The number of carbonyl (C=O) groups is 1. The number of aldehydes is 1. The van der Waals surface area contributed by atoms with Gasteiger partial charge < -0.3 is 10.1 Å².